The third-order valence-corrected chi connectivity index (χ3v) is 2.93. The molecule has 1 N–H and O–H groups in total. The van der Waals surface area contributed by atoms with Gasteiger partial charge in [0.05, 0.1) is 11.9 Å². The van der Waals surface area contributed by atoms with Gasteiger partial charge in [0.1, 0.15) is 0 Å². The van der Waals surface area contributed by atoms with E-state index >= 15 is 0 Å². The molecule has 1 aromatic carbocycles. The molecule has 0 aliphatic carbocycles. The fourth-order valence-electron chi connectivity index (χ4n) is 1.98. The maximum atomic E-state index is 5.11. The molecule has 0 saturated carbocycles. The number of nitrogens with one attached hydrogen (secondary N) is 1. The molecule has 1 atom stereocenters. The van der Waals surface area contributed by atoms with Gasteiger partial charge in [-0.15, -0.1) is 0 Å². The van der Waals surface area contributed by atoms with Crippen molar-refractivity contribution >= 4 is 0 Å². The van der Waals surface area contributed by atoms with E-state index < -0.39 is 0 Å². The van der Waals surface area contributed by atoms with E-state index in [2.05, 4.69) is 23.5 Å². The molecule has 4 nitrogen and oxygen atoms in total. The van der Waals surface area contributed by atoms with Crippen LogP contribution in [0.4, 0.5) is 0 Å². The predicted molar refractivity (Wildman–Crippen MR) is 76.3 cm³/mol. The van der Waals surface area contributed by atoms with Crippen molar-refractivity contribution < 1.29 is 4.74 Å². The van der Waals surface area contributed by atoms with Crippen molar-refractivity contribution in [1.82, 2.24) is 15.1 Å². The summed E-state index contributed by atoms with van der Waals surface area (Å²) < 4.78 is 7.01. The van der Waals surface area contributed by atoms with Gasteiger partial charge in [-0.25, -0.2) is 4.68 Å². The molecule has 19 heavy (non-hydrogen) atoms. The highest BCUT2D eigenvalue weighted by Gasteiger charge is 2.03. The van der Waals surface area contributed by atoms with Crippen LogP contribution in [-0.4, -0.2) is 30.0 Å². The van der Waals surface area contributed by atoms with E-state index in [-0.39, 0.29) is 0 Å². The van der Waals surface area contributed by atoms with Gasteiger partial charge in [-0.2, -0.15) is 5.10 Å². The van der Waals surface area contributed by atoms with Crippen LogP contribution >= 0.6 is 0 Å². The van der Waals surface area contributed by atoms with Crippen LogP contribution in [-0.2, 0) is 11.3 Å². The maximum Gasteiger partial charge on any atom is 0.0645 e. The van der Waals surface area contributed by atoms with Gasteiger partial charge in [-0.3, -0.25) is 0 Å². The summed E-state index contributed by atoms with van der Waals surface area (Å²) in [6.07, 6.45) is 3.96. The van der Waals surface area contributed by atoms with Crippen molar-refractivity contribution in [3.63, 3.8) is 0 Å². The molecule has 1 aromatic heterocycles. The number of hydrogen-bond donors (Lipinski definition) is 1. The lowest BCUT2D eigenvalue weighted by molar-refractivity contribution is 0.158. The van der Waals surface area contributed by atoms with Crippen LogP contribution in [0.2, 0.25) is 0 Å². The molecule has 1 heterocycles. The number of benzene rings is 1. The zero-order valence-corrected chi connectivity index (χ0v) is 11.5. The number of aromatic nitrogens is 2. The first kappa shape index (κ1) is 13.8. The highest BCUT2D eigenvalue weighted by atomic mass is 16.5. The Morgan fingerprint density at radius 3 is 2.84 bits per heavy atom. The molecule has 2 aromatic rings. The van der Waals surface area contributed by atoms with Crippen LogP contribution in [0.5, 0.6) is 0 Å². The Morgan fingerprint density at radius 1 is 1.32 bits per heavy atom. The van der Waals surface area contributed by atoms with Crippen molar-refractivity contribution in [2.75, 3.05) is 20.3 Å². The molecule has 102 valence electrons. The number of hydrogen-bond acceptors (Lipinski definition) is 3. The zero-order valence-electron chi connectivity index (χ0n) is 11.5. The first-order valence-electron chi connectivity index (χ1n) is 6.58. The van der Waals surface area contributed by atoms with Crippen LogP contribution in [0.3, 0.4) is 0 Å². The Morgan fingerprint density at radius 2 is 2.11 bits per heavy atom. The Hall–Kier alpha value is -1.65. The Labute approximate surface area is 114 Å². The van der Waals surface area contributed by atoms with Crippen molar-refractivity contribution in [2.24, 2.45) is 5.92 Å². The molecule has 0 saturated heterocycles. The molecular weight excluding hydrogens is 238 g/mol. The second-order valence-corrected chi connectivity index (χ2v) is 4.82. The third kappa shape index (κ3) is 4.19. The Balaban J connectivity index is 1.85. The predicted octanol–water partition coefficient (Wildman–Crippen LogP) is 2.24. The fourth-order valence-corrected chi connectivity index (χ4v) is 1.98. The minimum absolute atomic E-state index is 0.522. The van der Waals surface area contributed by atoms with Crippen LogP contribution in [0.25, 0.3) is 5.69 Å². The monoisotopic (exact) mass is 259 g/mol. The average molecular weight is 259 g/mol. The van der Waals surface area contributed by atoms with Gasteiger partial charge in [-0.05, 0) is 18.1 Å². The van der Waals surface area contributed by atoms with Gasteiger partial charge in [-0.1, -0.05) is 25.1 Å². The number of para-hydroxylation sites is 1. The van der Waals surface area contributed by atoms with Gasteiger partial charge in [0.2, 0.25) is 0 Å². The fraction of sp³-hybridized carbons (Fsp3) is 0.400. The van der Waals surface area contributed by atoms with E-state index in [0.29, 0.717) is 5.92 Å². The van der Waals surface area contributed by atoms with Gasteiger partial charge < -0.3 is 10.1 Å². The molecule has 0 fully saturated rings. The normalized spacial score (nSPS) is 12.5. The Bertz CT molecular complexity index is 481. The SMILES string of the molecule is COCC(C)CNCc1cnn(-c2ccccc2)c1. The standard InChI is InChI=1S/C15H21N3O/c1-13(12-19-2)8-16-9-14-10-17-18(11-14)15-6-4-3-5-7-15/h3-7,10-11,13,16H,8-9,12H2,1-2H3. The number of nitrogens with zero attached hydrogens (tertiary/aromatic N) is 2. The molecule has 0 amide bonds. The molecule has 1 unspecified atom stereocenters. The van der Waals surface area contributed by atoms with Gasteiger partial charge >= 0.3 is 0 Å². The molecule has 0 bridgehead atoms. The molecule has 4 heteroatoms. The summed E-state index contributed by atoms with van der Waals surface area (Å²) in [6.45, 7) is 4.74. The number of rotatable bonds is 7. The number of methoxy groups -OCH3 is 1. The van der Waals surface area contributed by atoms with Crippen LogP contribution in [0, 0.1) is 5.92 Å². The summed E-state index contributed by atoms with van der Waals surface area (Å²) >= 11 is 0. The van der Waals surface area contributed by atoms with Gasteiger partial charge in [0.25, 0.3) is 0 Å². The summed E-state index contributed by atoms with van der Waals surface area (Å²) in [6, 6.07) is 10.1. The smallest absolute Gasteiger partial charge is 0.0645 e. The third-order valence-electron chi connectivity index (χ3n) is 2.93. The lowest BCUT2D eigenvalue weighted by atomic mass is 10.2. The summed E-state index contributed by atoms with van der Waals surface area (Å²) in [5.41, 5.74) is 2.27. The van der Waals surface area contributed by atoms with Crippen molar-refractivity contribution in [1.29, 1.82) is 0 Å². The summed E-state index contributed by atoms with van der Waals surface area (Å²) in [4.78, 5) is 0. The molecule has 0 aliphatic rings. The van der Waals surface area contributed by atoms with Crippen molar-refractivity contribution in [2.45, 2.75) is 13.5 Å². The molecule has 0 radical (unpaired) electrons. The Kier molecular flexibility index (Phi) is 5.12. The lowest BCUT2D eigenvalue weighted by Crippen LogP contribution is -2.23. The minimum atomic E-state index is 0.522. The first-order valence-corrected chi connectivity index (χ1v) is 6.58. The number of ether oxygens (including phenoxy) is 1. The molecular formula is C15H21N3O. The average Bonchev–Trinajstić information content (AvgIpc) is 2.89. The van der Waals surface area contributed by atoms with E-state index in [1.165, 1.54) is 5.56 Å². The highest BCUT2D eigenvalue weighted by Crippen LogP contribution is 2.07. The van der Waals surface area contributed by atoms with Crippen molar-refractivity contribution in [3.8, 4) is 5.69 Å². The minimum Gasteiger partial charge on any atom is -0.384 e. The second kappa shape index (κ2) is 7.07. The second-order valence-electron chi connectivity index (χ2n) is 4.82. The van der Waals surface area contributed by atoms with Gasteiger partial charge in [0, 0.05) is 38.6 Å². The largest absolute Gasteiger partial charge is 0.384 e. The topological polar surface area (TPSA) is 39.1 Å². The van der Waals surface area contributed by atoms with Crippen LogP contribution in [0.15, 0.2) is 42.7 Å². The van der Waals surface area contributed by atoms with Crippen LogP contribution in [0.1, 0.15) is 12.5 Å². The van der Waals surface area contributed by atoms with Gasteiger partial charge in [0.15, 0.2) is 0 Å². The summed E-state index contributed by atoms with van der Waals surface area (Å²) in [7, 11) is 1.74. The van der Waals surface area contributed by atoms with E-state index in [1.54, 1.807) is 7.11 Å². The van der Waals surface area contributed by atoms with Crippen molar-refractivity contribution in [3.05, 3.63) is 48.3 Å². The highest BCUT2D eigenvalue weighted by molar-refractivity contribution is 5.30. The van der Waals surface area contributed by atoms with E-state index in [0.717, 1.165) is 25.4 Å². The quantitative estimate of drug-likeness (QED) is 0.829. The maximum absolute atomic E-state index is 5.11. The summed E-state index contributed by atoms with van der Waals surface area (Å²) in [5.74, 6) is 0.522. The first-order chi connectivity index (χ1) is 9.29. The van der Waals surface area contributed by atoms with E-state index in [1.807, 2.05) is 41.2 Å². The summed E-state index contributed by atoms with van der Waals surface area (Å²) in [5, 5.41) is 7.79. The zero-order chi connectivity index (χ0) is 13.5. The molecule has 2 rings (SSSR count). The van der Waals surface area contributed by atoms with Crippen LogP contribution < -0.4 is 5.32 Å². The lowest BCUT2D eigenvalue weighted by Gasteiger charge is -2.10. The van der Waals surface area contributed by atoms with E-state index in [4.69, 9.17) is 4.74 Å². The van der Waals surface area contributed by atoms with E-state index in [9.17, 15) is 0 Å². The molecule has 0 aliphatic heterocycles. The molecule has 0 spiro atoms.